The first-order valence-electron chi connectivity index (χ1n) is 6.53. The van der Waals surface area contributed by atoms with Gasteiger partial charge in [0.2, 0.25) is 0 Å². The minimum atomic E-state index is -0.365. The van der Waals surface area contributed by atoms with Gasteiger partial charge in [0, 0.05) is 23.6 Å². The number of benzene rings is 1. The van der Waals surface area contributed by atoms with Crippen molar-refractivity contribution in [3.63, 3.8) is 0 Å². The average molecular weight is 364 g/mol. The van der Waals surface area contributed by atoms with Crippen LogP contribution in [0.4, 0.5) is 0 Å². The van der Waals surface area contributed by atoms with Gasteiger partial charge in [0.15, 0.2) is 0 Å². The first kappa shape index (κ1) is 17.4. The molecule has 2 N–H and O–H groups in total. The van der Waals surface area contributed by atoms with Crippen LogP contribution in [0.2, 0.25) is 0 Å². The Labute approximate surface area is 134 Å². The number of rotatable bonds is 4. The standard InChI is InChI=1S/C14H19BrN2O2.ClH/c1-10(8-11-4-2-3-5-12(11)15)17-14(18)13-9-16-6-7-19-13;/h2-5,10,13,16H,6-9H2,1H3,(H,17,18);1H. The van der Waals surface area contributed by atoms with Crippen LogP contribution >= 0.6 is 28.3 Å². The highest BCUT2D eigenvalue weighted by Gasteiger charge is 2.22. The highest BCUT2D eigenvalue weighted by molar-refractivity contribution is 9.10. The summed E-state index contributed by atoms with van der Waals surface area (Å²) in [4.78, 5) is 12.0. The zero-order valence-electron chi connectivity index (χ0n) is 11.4. The smallest absolute Gasteiger partial charge is 0.250 e. The summed E-state index contributed by atoms with van der Waals surface area (Å²) < 4.78 is 6.51. The van der Waals surface area contributed by atoms with Crippen molar-refractivity contribution in [1.29, 1.82) is 0 Å². The lowest BCUT2D eigenvalue weighted by molar-refractivity contribution is -0.134. The second-order valence-electron chi connectivity index (χ2n) is 4.77. The SMILES string of the molecule is CC(Cc1ccccc1Br)NC(=O)C1CNCCO1.Cl. The fraction of sp³-hybridized carbons (Fsp3) is 0.500. The Morgan fingerprint density at radius 2 is 2.30 bits per heavy atom. The Balaban J connectivity index is 0.00000200. The maximum Gasteiger partial charge on any atom is 0.250 e. The predicted octanol–water partition coefficient (Wildman–Crippen LogP) is 1.91. The van der Waals surface area contributed by atoms with E-state index in [9.17, 15) is 4.79 Å². The van der Waals surface area contributed by atoms with Gasteiger partial charge in [-0.25, -0.2) is 0 Å². The number of nitrogens with one attached hydrogen (secondary N) is 2. The van der Waals surface area contributed by atoms with Crippen molar-refractivity contribution in [2.45, 2.75) is 25.5 Å². The molecule has 0 aliphatic carbocycles. The molecule has 1 aliphatic rings. The Morgan fingerprint density at radius 3 is 2.95 bits per heavy atom. The summed E-state index contributed by atoms with van der Waals surface area (Å²) in [5.74, 6) is -0.0354. The summed E-state index contributed by atoms with van der Waals surface area (Å²) in [5.41, 5.74) is 1.19. The summed E-state index contributed by atoms with van der Waals surface area (Å²) in [5, 5.41) is 6.15. The highest BCUT2D eigenvalue weighted by atomic mass is 79.9. The van der Waals surface area contributed by atoms with Crippen molar-refractivity contribution < 1.29 is 9.53 Å². The topological polar surface area (TPSA) is 50.4 Å². The van der Waals surface area contributed by atoms with Crippen molar-refractivity contribution in [2.75, 3.05) is 19.7 Å². The summed E-state index contributed by atoms with van der Waals surface area (Å²) in [7, 11) is 0. The van der Waals surface area contributed by atoms with Crippen LogP contribution in [0.1, 0.15) is 12.5 Å². The largest absolute Gasteiger partial charge is 0.366 e. The minimum Gasteiger partial charge on any atom is -0.366 e. The fourth-order valence-electron chi connectivity index (χ4n) is 2.11. The van der Waals surface area contributed by atoms with Crippen molar-refractivity contribution in [3.05, 3.63) is 34.3 Å². The lowest BCUT2D eigenvalue weighted by Crippen LogP contribution is -2.50. The van der Waals surface area contributed by atoms with Gasteiger partial charge < -0.3 is 15.4 Å². The number of hydrogen-bond acceptors (Lipinski definition) is 3. The molecule has 2 unspecified atom stereocenters. The van der Waals surface area contributed by atoms with Crippen LogP contribution in [-0.4, -0.2) is 37.7 Å². The Hall–Kier alpha value is -0.620. The van der Waals surface area contributed by atoms with Crippen LogP contribution in [0.15, 0.2) is 28.7 Å². The van der Waals surface area contributed by atoms with Crippen molar-refractivity contribution in [3.8, 4) is 0 Å². The minimum absolute atomic E-state index is 0. The third kappa shape index (κ3) is 5.05. The summed E-state index contributed by atoms with van der Waals surface area (Å²) in [6.07, 6.45) is 0.434. The second-order valence-corrected chi connectivity index (χ2v) is 5.62. The quantitative estimate of drug-likeness (QED) is 0.859. The van der Waals surface area contributed by atoms with Crippen LogP contribution in [0, 0.1) is 0 Å². The van der Waals surface area contributed by atoms with E-state index in [1.165, 1.54) is 5.56 Å². The molecule has 2 rings (SSSR count). The lowest BCUT2D eigenvalue weighted by Gasteiger charge is -2.24. The molecule has 1 saturated heterocycles. The number of hydrogen-bond donors (Lipinski definition) is 2. The van der Waals surface area contributed by atoms with Gasteiger partial charge in [0.05, 0.1) is 6.61 Å². The van der Waals surface area contributed by atoms with E-state index in [0.717, 1.165) is 17.4 Å². The zero-order valence-corrected chi connectivity index (χ0v) is 13.8. The van der Waals surface area contributed by atoms with E-state index in [-0.39, 0.29) is 30.5 Å². The normalized spacial score (nSPS) is 19.8. The van der Waals surface area contributed by atoms with Gasteiger partial charge in [-0.3, -0.25) is 4.79 Å². The van der Waals surface area contributed by atoms with E-state index in [4.69, 9.17) is 4.74 Å². The van der Waals surface area contributed by atoms with E-state index < -0.39 is 0 Å². The van der Waals surface area contributed by atoms with Crippen molar-refractivity contribution >= 4 is 34.2 Å². The van der Waals surface area contributed by atoms with Crippen LogP contribution in [0.25, 0.3) is 0 Å². The average Bonchev–Trinajstić information content (AvgIpc) is 2.42. The van der Waals surface area contributed by atoms with E-state index in [2.05, 4.69) is 32.6 Å². The van der Waals surface area contributed by atoms with Crippen LogP contribution < -0.4 is 10.6 Å². The molecule has 1 fully saturated rings. The molecule has 1 heterocycles. The van der Waals surface area contributed by atoms with E-state index in [0.29, 0.717) is 13.2 Å². The molecule has 0 radical (unpaired) electrons. The van der Waals surface area contributed by atoms with E-state index >= 15 is 0 Å². The third-order valence-corrected chi connectivity index (χ3v) is 3.87. The van der Waals surface area contributed by atoms with Gasteiger partial charge in [-0.05, 0) is 25.0 Å². The van der Waals surface area contributed by atoms with E-state index in [1.807, 2.05) is 25.1 Å². The number of amides is 1. The summed E-state index contributed by atoms with van der Waals surface area (Å²) in [6.45, 7) is 4.01. The van der Waals surface area contributed by atoms with Crippen LogP contribution in [0.5, 0.6) is 0 Å². The van der Waals surface area contributed by atoms with Crippen molar-refractivity contribution in [1.82, 2.24) is 10.6 Å². The number of ether oxygens (including phenoxy) is 1. The Kier molecular flexibility index (Phi) is 7.51. The first-order chi connectivity index (χ1) is 9.16. The van der Waals surface area contributed by atoms with Crippen LogP contribution in [-0.2, 0) is 16.0 Å². The number of morpholine rings is 1. The maximum atomic E-state index is 12.0. The zero-order chi connectivity index (χ0) is 13.7. The molecule has 0 spiro atoms. The Bertz CT molecular complexity index is 439. The predicted molar refractivity (Wildman–Crippen MR) is 85.3 cm³/mol. The Morgan fingerprint density at radius 1 is 1.55 bits per heavy atom. The third-order valence-electron chi connectivity index (χ3n) is 3.09. The molecular weight excluding hydrogens is 344 g/mol. The lowest BCUT2D eigenvalue weighted by atomic mass is 10.1. The highest BCUT2D eigenvalue weighted by Crippen LogP contribution is 2.17. The summed E-state index contributed by atoms with van der Waals surface area (Å²) in [6, 6.07) is 8.14. The van der Waals surface area contributed by atoms with Gasteiger partial charge in [0.25, 0.3) is 5.91 Å². The van der Waals surface area contributed by atoms with Gasteiger partial charge >= 0.3 is 0 Å². The first-order valence-corrected chi connectivity index (χ1v) is 7.32. The second kappa shape index (κ2) is 8.62. The van der Waals surface area contributed by atoms with Gasteiger partial charge in [-0.2, -0.15) is 0 Å². The number of carbonyl (C=O) groups excluding carboxylic acids is 1. The molecule has 2 atom stereocenters. The molecule has 20 heavy (non-hydrogen) atoms. The molecule has 1 aliphatic heterocycles. The molecule has 112 valence electrons. The van der Waals surface area contributed by atoms with Crippen molar-refractivity contribution in [2.24, 2.45) is 0 Å². The number of carbonyl (C=O) groups is 1. The van der Waals surface area contributed by atoms with Crippen LogP contribution in [0.3, 0.4) is 0 Å². The molecule has 1 aromatic carbocycles. The van der Waals surface area contributed by atoms with E-state index in [1.54, 1.807) is 0 Å². The van der Waals surface area contributed by atoms with Gasteiger partial charge in [0.1, 0.15) is 6.10 Å². The van der Waals surface area contributed by atoms with Gasteiger partial charge in [-0.1, -0.05) is 34.1 Å². The fourth-order valence-corrected chi connectivity index (χ4v) is 2.56. The number of halogens is 2. The molecule has 1 amide bonds. The maximum absolute atomic E-state index is 12.0. The molecule has 0 saturated carbocycles. The summed E-state index contributed by atoms with van der Waals surface area (Å²) >= 11 is 3.52. The molecule has 0 aromatic heterocycles. The molecule has 4 nitrogen and oxygen atoms in total. The molecule has 0 bridgehead atoms. The molecule has 1 aromatic rings. The van der Waals surface area contributed by atoms with Gasteiger partial charge in [-0.15, -0.1) is 12.4 Å². The molecule has 6 heteroatoms. The molecular formula is C14H20BrClN2O2. The monoisotopic (exact) mass is 362 g/mol.